The molecular weight excluding hydrogens is 154 g/mol. The van der Waals surface area contributed by atoms with E-state index >= 15 is 0 Å². The van der Waals surface area contributed by atoms with Crippen molar-refractivity contribution >= 4 is 12.0 Å². The van der Waals surface area contributed by atoms with Gasteiger partial charge in [-0.2, -0.15) is 0 Å². The van der Waals surface area contributed by atoms with E-state index in [0.717, 1.165) is 17.3 Å². The van der Waals surface area contributed by atoms with Crippen molar-refractivity contribution < 1.29 is 9.90 Å². The van der Waals surface area contributed by atoms with Gasteiger partial charge in [0.05, 0.1) is 0 Å². The maximum Gasteiger partial charge on any atom is 0.328 e. The molecule has 1 heterocycles. The summed E-state index contributed by atoms with van der Waals surface area (Å²) in [6, 6.07) is 1.93. The Labute approximate surface area is 70.9 Å². The number of aromatic nitrogens is 1. The highest BCUT2D eigenvalue weighted by atomic mass is 16.4. The monoisotopic (exact) mass is 165 g/mol. The second kappa shape index (κ2) is 3.26. The Morgan fingerprint density at radius 1 is 1.67 bits per heavy atom. The molecule has 1 aromatic heterocycles. The fourth-order valence-electron chi connectivity index (χ4n) is 0.964. The Balaban J connectivity index is 2.83. The maximum absolute atomic E-state index is 10.2. The van der Waals surface area contributed by atoms with Crippen molar-refractivity contribution in [1.82, 2.24) is 4.57 Å². The quantitative estimate of drug-likeness (QED) is 0.673. The van der Waals surface area contributed by atoms with E-state index in [1.165, 1.54) is 0 Å². The first-order valence-electron chi connectivity index (χ1n) is 3.63. The van der Waals surface area contributed by atoms with E-state index in [-0.39, 0.29) is 0 Å². The molecule has 0 radical (unpaired) electrons. The normalized spacial score (nSPS) is 10.8. The topological polar surface area (TPSA) is 42.2 Å². The summed E-state index contributed by atoms with van der Waals surface area (Å²) in [6.07, 6.45) is 4.60. The summed E-state index contributed by atoms with van der Waals surface area (Å²) in [5.74, 6) is -0.920. The van der Waals surface area contributed by atoms with Gasteiger partial charge in [-0.25, -0.2) is 4.79 Å². The summed E-state index contributed by atoms with van der Waals surface area (Å²) in [4.78, 5) is 10.2. The van der Waals surface area contributed by atoms with Crippen LogP contribution in [-0.2, 0) is 11.8 Å². The number of aliphatic carboxylic acids is 1. The van der Waals surface area contributed by atoms with Crippen molar-refractivity contribution in [1.29, 1.82) is 0 Å². The summed E-state index contributed by atoms with van der Waals surface area (Å²) in [5.41, 5.74) is 2.03. The van der Waals surface area contributed by atoms with Crippen molar-refractivity contribution in [3.05, 3.63) is 29.6 Å². The third-order valence-electron chi connectivity index (χ3n) is 1.69. The Hall–Kier alpha value is -1.51. The van der Waals surface area contributed by atoms with Gasteiger partial charge >= 0.3 is 5.97 Å². The minimum atomic E-state index is -0.920. The van der Waals surface area contributed by atoms with E-state index in [2.05, 4.69) is 0 Å². The predicted molar refractivity (Wildman–Crippen MR) is 46.8 cm³/mol. The smallest absolute Gasteiger partial charge is 0.328 e. The van der Waals surface area contributed by atoms with E-state index < -0.39 is 5.97 Å². The lowest BCUT2D eigenvalue weighted by atomic mass is 10.3. The van der Waals surface area contributed by atoms with Crippen LogP contribution in [0.2, 0.25) is 0 Å². The molecule has 0 amide bonds. The molecule has 12 heavy (non-hydrogen) atoms. The third kappa shape index (κ3) is 1.99. The fourth-order valence-corrected chi connectivity index (χ4v) is 0.964. The Morgan fingerprint density at radius 3 is 2.75 bits per heavy atom. The lowest BCUT2D eigenvalue weighted by Gasteiger charge is -1.89. The first-order valence-corrected chi connectivity index (χ1v) is 3.63. The van der Waals surface area contributed by atoms with Crippen molar-refractivity contribution in [3.8, 4) is 0 Å². The summed E-state index contributed by atoms with van der Waals surface area (Å²) in [6.45, 7) is 1.97. The van der Waals surface area contributed by atoms with Crippen LogP contribution in [0.25, 0.3) is 6.08 Å². The number of aryl methyl sites for hydroxylation is 2. The summed E-state index contributed by atoms with van der Waals surface area (Å²) < 4.78 is 1.95. The lowest BCUT2D eigenvalue weighted by molar-refractivity contribution is -0.131. The van der Waals surface area contributed by atoms with Gasteiger partial charge in [0.15, 0.2) is 0 Å². The highest BCUT2D eigenvalue weighted by molar-refractivity contribution is 5.85. The van der Waals surface area contributed by atoms with Gasteiger partial charge in [0.2, 0.25) is 0 Å². The van der Waals surface area contributed by atoms with Crippen molar-refractivity contribution in [2.24, 2.45) is 7.05 Å². The van der Waals surface area contributed by atoms with Gasteiger partial charge in [-0.3, -0.25) is 0 Å². The van der Waals surface area contributed by atoms with Crippen molar-refractivity contribution in [2.75, 3.05) is 0 Å². The highest BCUT2D eigenvalue weighted by Gasteiger charge is 1.95. The molecular formula is C9H11NO2. The number of carboxylic acids is 1. The van der Waals surface area contributed by atoms with Gasteiger partial charge in [0.25, 0.3) is 0 Å². The summed E-state index contributed by atoms with van der Waals surface area (Å²) >= 11 is 0. The highest BCUT2D eigenvalue weighted by Crippen LogP contribution is 2.07. The molecule has 0 aliphatic heterocycles. The van der Waals surface area contributed by atoms with Crippen LogP contribution < -0.4 is 0 Å². The maximum atomic E-state index is 10.2. The number of rotatable bonds is 2. The molecule has 1 N–H and O–H groups in total. The van der Waals surface area contributed by atoms with Gasteiger partial charge in [-0.1, -0.05) is 0 Å². The van der Waals surface area contributed by atoms with Crippen molar-refractivity contribution in [3.63, 3.8) is 0 Å². The molecule has 3 heteroatoms. The average molecular weight is 165 g/mol. The van der Waals surface area contributed by atoms with Crippen LogP contribution in [0, 0.1) is 6.92 Å². The molecule has 0 fully saturated rings. The largest absolute Gasteiger partial charge is 0.478 e. The molecule has 0 atom stereocenters. The van der Waals surface area contributed by atoms with Crippen LogP contribution in [0.4, 0.5) is 0 Å². The number of carboxylic acid groups (broad SMARTS) is 1. The minimum Gasteiger partial charge on any atom is -0.478 e. The minimum absolute atomic E-state index is 0.914. The van der Waals surface area contributed by atoms with Crippen LogP contribution in [0.1, 0.15) is 11.3 Å². The SMILES string of the molecule is Cc1cc(/C=C/C(=O)O)cn1C. The van der Waals surface area contributed by atoms with E-state index in [4.69, 9.17) is 5.11 Å². The molecule has 3 nitrogen and oxygen atoms in total. The zero-order valence-electron chi connectivity index (χ0n) is 7.11. The standard InChI is InChI=1S/C9H11NO2/c1-7-5-8(6-10(7)2)3-4-9(11)12/h3-6H,1-2H3,(H,11,12)/b4-3+. The van der Waals surface area contributed by atoms with Crippen molar-refractivity contribution in [2.45, 2.75) is 6.92 Å². The number of nitrogens with zero attached hydrogens (tertiary/aromatic N) is 1. The molecule has 0 bridgehead atoms. The molecule has 0 aliphatic carbocycles. The average Bonchev–Trinajstić information content (AvgIpc) is 2.28. The number of carbonyl (C=O) groups is 1. The summed E-state index contributed by atoms with van der Waals surface area (Å²) in [5, 5.41) is 8.36. The zero-order chi connectivity index (χ0) is 9.14. The van der Waals surface area contributed by atoms with Gasteiger partial charge < -0.3 is 9.67 Å². The van der Waals surface area contributed by atoms with Crippen LogP contribution in [0.3, 0.4) is 0 Å². The van der Waals surface area contributed by atoms with Crippen LogP contribution in [-0.4, -0.2) is 15.6 Å². The van der Waals surface area contributed by atoms with Gasteiger partial charge in [-0.15, -0.1) is 0 Å². The van der Waals surface area contributed by atoms with Gasteiger partial charge in [0, 0.05) is 25.0 Å². The van der Waals surface area contributed by atoms with E-state index in [1.54, 1.807) is 6.08 Å². The van der Waals surface area contributed by atoms with Gasteiger partial charge in [0.1, 0.15) is 0 Å². The second-order valence-corrected chi connectivity index (χ2v) is 2.70. The molecule has 64 valence electrons. The third-order valence-corrected chi connectivity index (χ3v) is 1.69. The zero-order valence-corrected chi connectivity index (χ0v) is 7.11. The second-order valence-electron chi connectivity index (χ2n) is 2.70. The Bertz CT molecular complexity index is 304. The molecule has 0 saturated heterocycles. The summed E-state index contributed by atoms with van der Waals surface area (Å²) in [7, 11) is 1.92. The first-order chi connectivity index (χ1) is 5.59. The van der Waals surface area contributed by atoms with Crippen LogP contribution in [0.15, 0.2) is 18.3 Å². The Morgan fingerprint density at radius 2 is 2.33 bits per heavy atom. The van der Waals surface area contributed by atoms with Crippen LogP contribution in [0.5, 0.6) is 0 Å². The first kappa shape index (κ1) is 8.59. The molecule has 0 aliphatic rings. The van der Waals surface area contributed by atoms with E-state index in [9.17, 15) is 4.79 Å². The predicted octanol–water partition coefficient (Wildman–Crippen LogP) is 1.43. The molecule has 0 aromatic carbocycles. The van der Waals surface area contributed by atoms with E-state index in [0.29, 0.717) is 0 Å². The molecule has 0 unspecified atom stereocenters. The number of hydrogen-bond acceptors (Lipinski definition) is 1. The van der Waals surface area contributed by atoms with Crippen LogP contribution >= 0.6 is 0 Å². The molecule has 1 aromatic rings. The molecule has 0 saturated carbocycles. The number of hydrogen-bond donors (Lipinski definition) is 1. The molecule has 1 rings (SSSR count). The Kier molecular flexibility index (Phi) is 2.33. The van der Waals surface area contributed by atoms with Gasteiger partial charge in [-0.05, 0) is 24.6 Å². The lowest BCUT2D eigenvalue weighted by Crippen LogP contribution is -1.85. The molecule has 0 spiro atoms. The fraction of sp³-hybridized carbons (Fsp3) is 0.222. The van der Waals surface area contributed by atoms with E-state index in [1.807, 2.05) is 30.8 Å².